The summed E-state index contributed by atoms with van der Waals surface area (Å²) in [5.74, 6) is 1.70. The van der Waals surface area contributed by atoms with Crippen molar-refractivity contribution in [1.82, 2.24) is 0 Å². The molecule has 2 nitrogen and oxygen atoms in total. The van der Waals surface area contributed by atoms with Gasteiger partial charge in [-0.3, -0.25) is 0 Å². The molecule has 2 atom stereocenters. The van der Waals surface area contributed by atoms with Gasteiger partial charge in [0.05, 0.1) is 0 Å². The van der Waals surface area contributed by atoms with Crippen molar-refractivity contribution in [2.45, 2.75) is 58.9 Å². The molecule has 2 unspecified atom stereocenters. The van der Waals surface area contributed by atoms with Crippen molar-refractivity contribution in [2.24, 2.45) is 17.6 Å². The normalized spacial score (nSPS) is 21.4. The highest BCUT2D eigenvalue weighted by Crippen LogP contribution is 2.29. The Hall–Kier alpha value is -1.02. The zero-order valence-corrected chi connectivity index (χ0v) is 14.0. The van der Waals surface area contributed by atoms with Crippen molar-refractivity contribution in [2.75, 3.05) is 18.0 Å². The van der Waals surface area contributed by atoms with Gasteiger partial charge in [0.1, 0.15) is 0 Å². The van der Waals surface area contributed by atoms with Gasteiger partial charge in [-0.1, -0.05) is 39.0 Å². The number of rotatable bonds is 5. The first kappa shape index (κ1) is 16.4. The molecule has 1 aliphatic rings. The highest BCUT2D eigenvalue weighted by atomic mass is 15.1. The zero-order valence-electron chi connectivity index (χ0n) is 14.0. The van der Waals surface area contributed by atoms with Crippen LogP contribution in [0.1, 0.15) is 52.0 Å². The fourth-order valence-electron chi connectivity index (χ4n) is 3.45. The van der Waals surface area contributed by atoms with E-state index >= 15 is 0 Å². The first-order chi connectivity index (χ1) is 10.1. The minimum absolute atomic E-state index is 0.279. The smallest absolute Gasteiger partial charge is 0.0399 e. The zero-order chi connectivity index (χ0) is 15.2. The molecule has 1 aromatic rings. The van der Waals surface area contributed by atoms with Crippen molar-refractivity contribution in [3.63, 3.8) is 0 Å². The van der Waals surface area contributed by atoms with Gasteiger partial charge in [0.2, 0.25) is 0 Å². The largest absolute Gasteiger partial charge is 0.371 e. The second-order valence-corrected chi connectivity index (χ2v) is 6.92. The maximum atomic E-state index is 6.18. The maximum Gasteiger partial charge on any atom is 0.0399 e. The summed E-state index contributed by atoms with van der Waals surface area (Å²) in [6, 6.07) is 9.14. The summed E-state index contributed by atoms with van der Waals surface area (Å²) in [7, 11) is 0. The van der Waals surface area contributed by atoms with Crippen LogP contribution in [-0.2, 0) is 6.42 Å². The molecule has 0 aromatic heterocycles. The van der Waals surface area contributed by atoms with Crippen molar-refractivity contribution in [1.29, 1.82) is 0 Å². The van der Waals surface area contributed by atoms with Crippen molar-refractivity contribution >= 4 is 5.69 Å². The summed E-state index contributed by atoms with van der Waals surface area (Å²) in [5.41, 5.74) is 9.03. The molecule has 0 radical (unpaired) electrons. The monoisotopic (exact) mass is 288 g/mol. The van der Waals surface area contributed by atoms with E-state index < -0.39 is 0 Å². The van der Waals surface area contributed by atoms with Gasteiger partial charge >= 0.3 is 0 Å². The second-order valence-electron chi connectivity index (χ2n) is 6.92. The Morgan fingerprint density at radius 3 is 2.67 bits per heavy atom. The van der Waals surface area contributed by atoms with Crippen LogP contribution in [-0.4, -0.2) is 19.1 Å². The van der Waals surface area contributed by atoms with Crippen molar-refractivity contribution < 1.29 is 0 Å². The molecule has 2 rings (SSSR count). The molecule has 0 amide bonds. The van der Waals surface area contributed by atoms with Gasteiger partial charge in [-0.05, 0) is 55.6 Å². The average Bonchev–Trinajstić information content (AvgIpc) is 2.73. The van der Waals surface area contributed by atoms with Gasteiger partial charge in [0, 0.05) is 24.8 Å². The molecule has 1 fully saturated rings. The summed E-state index contributed by atoms with van der Waals surface area (Å²) in [5, 5.41) is 0. The second kappa shape index (κ2) is 7.84. The summed E-state index contributed by atoms with van der Waals surface area (Å²) >= 11 is 0. The Balaban J connectivity index is 2.10. The molecule has 0 aliphatic carbocycles. The SMILES string of the molecule is CCC(N)Cc1ccccc1N1CCCC(C(C)C)CC1. The molecule has 0 spiro atoms. The van der Waals surface area contributed by atoms with Gasteiger partial charge in [-0.15, -0.1) is 0 Å². The van der Waals surface area contributed by atoms with Crippen LogP contribution in [0, 0.1) is 11.8 Å². The predicted octanol–water partition coefficient (Wildman–Crippen LogP) is 4.23. The van der Waals surface area contributed by atoms with Crippen LogP contribution < -0.4 is 10.6 Å². The summed E-state index contributed by atoms with van der Waals surface area (Å²) in [6.45, 7) is 9.30. The van der Waals surface area contributed by atoms with Gasteiger partial charge < -0.3 is 10.6 Å². The van der Waals surface area contributed by atoms with E-state index in [2.05, 4.69) is 49.9 Å². The standard InChI is InChI=1S/C19H32N2/c1-4-18(20)14-17-8-5-6-10-19(17)21-12-7-9-16(11-13-21)15(2)3/h5-6,8,10,15-16,18H,4,7,9,11-14,20H2,1-3H3. The fourth-order valence-corrected chi connectivity index (χ4v) is 3.45. The van der Waals surface area contributed by atoms with Crippen LogP contribution in [0.25, 0.3) is 0 Å². The molecular formula is C19H32N2. The molecule has 118 valence electrons. The Labute approximate surface area is 130 Å². The number of nitrogens with two attached hydrogens (primary N) is 1. The Morgan fingerprint density at radius 1 is 1.19 bits per heavy atom. The maximum absolute atomic E-state index is 6.18. The highest BCUT2D eigenvalue weighted by Gasteiger charge is 2.21. The molecular weight excluding hydrogens is 256 g/mol. The third kappa shape index (κ3) is 4.47. The molecule has 0 bridgehead atoms. The number of anilines is 1. The van der Waals surface area contributed by atoms with Gasteiger partial charge in [-0.25, -0.2) is 0 Å². The van der Waals surface area contributed by atoms with E-state index in [9.17, 15) is 0 Å². The summed E-state index contributed by atoms with van der Waals surface area (Å²) in [6.07, 6.45) is 6.06. The van der Waals surface area contributed by atoms with Crippen LogP contribution in [0.15, 0.2) is 24.3 Å². The number of para-hydroxylation sites is 1. The number of hydrogen-bond acceptors (Lipinski definition) is 2. The molecule has 1 aromatic carbocycles. The lowest BCUT2D eigenvalue weighted by Gasteiger charge is -2.27. The summed E-state index contributed by atoms with van der Waals surface area (Å²) in [4.78, 5) is 2.60. The minimum Gasteiger partial charge on any atom is -0.371 e. The van der Waals surface area contributed by atoms with Gasteiger partial charge in [0.25, 0.3) is 0 Å². The predicted molar refractivity (Wildman–Crippen MR) is 92.8 cm³/mol. The number of nitrogens with zero attached hydrogens (tertiary/aromatic N) is 1. The Morgan fingerprint density at radius 2 is 1.95 bits per heavy atom. The van der Waals surface area contributed by atoms with Crippen LogP contribution >= 0.6 is 0 Å². The van der Waals surface area contributed by atoms with E-state index in [1.54, 1.807) is 0 Å². The third-order valence-electron chi connectivity index (χ3n) is 5.05. The molecule has 1 heterocycles. The Bertz CT molecular complexity index is 427. The fraction of sp³-hybridized carbons (Fsp3) is 0.684. The topological polar surface area (TPSA) is 29.3 Å². The lowest BCUT2D eigenvalue weighted by atomic mass is 9.89. The van der Waals surface area contributed by atoms with E-state index in [1.807, 2.05) is 0 Å². The molecule has 0 saturated carbocycles. The van der Waals surface area contributed by atoms with E-state index in [-0.39, 0.29) is 6.04 Å². The van der Waals surface area contributed by atoms with E-state index in [1.165, 1.54) is 43.6 Å². The first-order valence-electron chi connectivity index (χ1n) is 8.70. The Kier molecular flexibility index (Phi) is 6.10. The van der Waals surface area contributed by atoms with E-state index in [0.29, 0.717) is 0 Å². The molecule has 1 aliphatic heterocycles. The van der Waals surface area contributed by atoms with E-state index in [0.717, 1.165) is 24.7 Å². The number of hydrogen-bond donors (Lipinski definition) is 1. The average molecular weight is 288 g/mol. The van der Waals surface area contributed by atoms with Gasteiger partial charge in [0.15, 0.2) is 0 Å². The molecule has 1 saturated heterocycles. The van der Waals surface area contributed by atoms with Crippen molar-refractivity contribution in [3.8, 4) is 0 Å². The molecule has 2 heteroatoms. The van der Waals surface area contributed by atoms with Crippen LogP contribution in [0.4, 0.5) is 5.69 Å². The quantitative estimate of drug-likeness (QED) is 0.878. The minimum atomic E-state index is 0.279. The lowest BCUT2D eigenvalue weighted by molar-refractivity contribution is 0.351. The lowest BCUT2D eigenvalue weighted by Crippen LogP contribution is -2.28. The van der Waals surface area contributed by atoms with Crippen LogP contribution in [0.5, 0.6) is 0 Å². The highest BCUT2D eigenvalue weighted by molar-refractivity contribution is 5.54. The van der Waals surface area contributed by atoms with Crippen LogP contribution in [0.2, 0.25) is 0 Å². The van der Waals surface area contributed by atoms with Crippen molar-refractivity contribution in [3.05, 3.63) is 29.8 Å². The number of benzene rings is 1. The molecule has 21 heavy (non-hydrogen) atoms. The first-order valence-corrected chi connectivity index (χ1v) is 8.70. The van der Waals surface area contributed by atoms with Gasteiger partial charge in [-0.2, -0.15) is 0 Å². The molecule has 2 N–H and O–H groups in total. The third-order valence-corrected chi connectivity index (χ3v) is 5.05. The van der Waals surface area contributed by atoms with E-state index in [4.69, 9.17) is 5.73 Å². The van der Waals surface area contributed by atoms with Crippen LogP contribution in [0.3, 0.4) is 0 Å². The summed E-state index contributed by atoms with van der Waals surface area (Å²) < 4.78 is 0.